The molecule has 4 atom stereocenters. The number of carbonyl (C=O) groups excluding carboxylic acids is 3. The fraction of sp³-hybridized carbons (Fsp3) is 0.353. The normalized spacial score (nSPS) is 17.2. The fourth-order valence-electron chi connectivity index (χ4n) is 4.71. The van der Waals surface area contributed by atoms with E-state index in [9.17, 15) is 38.2 Å². The number of rotatable bonds is 15. The molecule has 1 heterocycles. The first kappa shape index (κ1) is 36.7. The summed E-state index contributed by atoms with van der Waals surface area (Å²) in [5.74, 6) is -2.79. The summed E-state index contributed by atoms with van der Waals surface area (Å²) in [7, 11) is 0. The monoisotopic (exact) mass is 701 g/mol. The number of carboxylic acids is 1. The molecule has 1 fully saturated rings. The summed E-state index contributed by atoms with van der Waals surface area (Å²) in [5.41, 5.74) is 1.76. The molecule has 0 saturated carbocycles. The number of aliphatic carboxylic acids is 1. The molecule has 0 aromatic heterocycles. The number of nitrogens with one attached hydrogen (secondary N) is 2. The largest absolute Gasteiger partial charge is 0.484 e. The molecule has 4 N–H and O–H groups in total. The maximum absolute atomic E-state index is 13.6. The van der Waals surface area contributed by atoms with E-state index < -0.39 is 66.0 Å². The number of nitrogens with zero attached hydrogens (tertiary/aromatic N) is 1. The number of carboxylic acid groups (broad SMARTS) is 1. The molecule has 3 amide bonds. The van der Waals surface area contributed by atoms with Gasteiger partial charge in [-0.3, -0.25) is 14.4 Å². The molecule has 2 unspecified atom stereocenters. The first-order chi connectivity index (χ1) is 22.7. The summed E-state index contributed by atoms with van der Waals surface area (Å²) < 4.78 is 32.3. The van der Waals surface area contributed by atoms with E-state index in [0.717, 1.165) is 5.56 Å². The Morgan fingerprint density at radius 1 is 0.917 bits per heavy atom. The number of hydrogen-bond donors (Lipinski definition) is 4. The second-order valence-electron chi connectivity index (χ2n) is 12.0. The minimum Gasteiger partial charge on any atom is -0.484 e. The van der Waals surface area contributed by atoms with Crippen molar-refractivity contribution in [2.24, 2.45) is 0 Å². The second kappa shape index (κ2) is 16.3. The number of halogens is 2. The molecule has 0 radical (unpaired) electrons. The SMILES string of the molecule is CC(C)(C)SC[C@@H](NC(=O)CNC(=O)COc1ccc(C2[C@@H](SCC(O)c3ccc(F)cc3)C(=O)N2c2ccc(F)cc2)cc1)C(=O)O. The number of aliphatic hydroxyl groups excluding tert-OH is 1. The fourth-order valence-corrected chi connectivity index (χ4v) is 6.90. The van der Waals surface area contributed by atoms with Crippen LogP contribution < -0.4 is 20.3 Å². The Bertz CT molecular complexity index is 1590. The van der Waals surface area contributed by atoms with Gasteiger partial charge >= 0.3 is 5.97 Å². The van der Waals surface area contributed by atoms with E-state index in [4.69, 9.17) is 4.74 Å². The lowest BCUT2D eigenvalue weighted by atomic mass is 9.92. The summed E-state index contributed by atoms with van der Waals surface area (Å²) in [4.78, 5) is 50.9. The summed E-state index contributed by atoms with van der Waals surface area (Å²) >= 11 is 2.65. The van der Waals surface area contributed by atoms with E-state index in [1.165, 1.54) is 72.1 Å². The maximum Gasteiger partial charge on any atom is 0.327 e. The number of thioether (sulfide) groups is 2. The van der Waals surface area contributed by atoms with Crippen LogP contribution in [0.4, 0.5) is 14.5 Å². The highest BCUT2D eigenvalue weighted by Crippen LogP contribution is 2.46. The molecule has 0 aliphatic carbocycles. The highest BCUT2D eigenvalue weighted by molar-refractivity contribution is 8.01. The summed E-state index contributed by atoms with van der Waals surface area (Å²) in [6.07, 6.45) is -0.928. The van der Waals surface area contributed by atoms with Crippen molar-refractivity contribution in [1.82, 2.24) is 10.6 Å². The summed E-state index contributed by atoms with van der Waals surface area (Å²) in [5, 5.41) is 24.3. The molecule has 1 aliphatic heterocycles. The zero-order valence-corrected chi connectivity index (χ0v) is 28.2. The Labute approximate surface area is 285 Å². The Morgan fingerprint density at radius 3 is 2.10 bits per heavy atom. The van der Waals surface area contributed by atoms with Crippen molar-refractivity contribution in [3.8, 4) is 5.75 Å². The number of ether oxygens (including phenoxy) is 1. The van der Waals surface area contributed by atoms with Gasteiger partial charge in [0.05, 0.1) is 18.7 Å². The zero-order chi connectivity index (χ0) is 35.0. The standard InChI is InChI=1S/C34H37F2N3O7S2/c1-34(2,3)48-18-26(33(44)45)38-28(41)16-37-29(42)17-46-25-14-6-21(7-15-25)30-31(32(43)39(30)24-12-10-23(36)11-13-24)47-19-27(40)20-4-8-22(35)9-5-20/h4-15,26-27,30-31,40H,16-19H2,1-3H3,(H,37,42)(H,38,41)(H,44,45)/t26-,27?,30?,31-/m1/s1. The van der Waals surface area contributed by atoms with E-state index >= 15 is 0 Å². The Kier molecular flexibility index (Phi) is 12.5. The molecule has 1 aliphatic rings. The van der Waals surface area contributed by atoms with Crippen LogP contribution in [-0.2, 0) is 19.2 Å². The van der Waals surface area contributed by atoms with Crippen LogP contribution >= 0.6 is 23.5 Å². The van der Waals surface area contributed by atoms with Crippen LogP contribution in [0, 0.1) is 11.6 Å². The van der Waals surface area contributed by atoms with Gasteiger partial charge in [0.25, 0.3) is 5.91 Å². The van der Waals surface area contributed by atoms with E-state index in [1.807, 2.05) is 20.8 Å². The number of anilines is 1. The van der Waals surface area contributed by atoms with E-state index in [-0.39, 0.29) is 22.2 Å². The highest BCUT2D eigenvalue weighted by atomic mass is 32.2. The highest BCUT2D eigenvalue weighted by Gasteiger charge is 2.49. The Morgan fingerprint density at radius 2 is 1.52 bits per heavy atom. The third-order valence-electron chi connectivity index (χ3n) is 7.19. The van der Waals surface area contributed by atoms with Crippen LogP contribution in [0.5, 0.6) is 5.75 Å². The molecule has 4 rings (SSSR count). The van der Waals surface area contributed by atoms with E-state index in [0.29, 0.717) is 17.0 Å². The average Bonchev–Trinajstić information content (AvgIpc) is 3.04. The van der Waals surface area contributed by atoms with Gasteiger partial charge in [-0.2, -0.15) is 11.8 Å². The lowest BCUT2D eigenvalue weighted by Crippen LogP contribution is -2.57. The van der Waals surface area contributed by atoms with Gasteiger partial charge in [0.15, 0.2) is 6.61 Å². The van der Waals surface area contributed by atoms with Crippen molar-refractivity contribution < 1.29 is 42.9 Å². The minimum atomic E-state index is -1.17. The lowest BCUT2D eigenvalue weighted by Gasteiger charge is -2.47. The molecule has 3 aromatic carbocycles. The van der Waals surface area contributed by atoms with Crippen molar-refractivity contribution in [3.63, 3.8) is 0 Å². The van der Waals surface area contributed by atoms with Crippen molar-refractivity contribution in [2.45, 2.75) is 49.0 Å². The van der Waals surface area contributed by atoms with Gasteiger partial charge in [0, 0.05) is 21.9 Å². The predicted molar refractivity (Wildman–Crippen MR) is 181 cm³/mol. The van der Waals surface area contributed by atoms with Gasteiger partial charge in [0.1, 0.15) is 28.7 Å². The Hall–Kier alpha value is -4.14. The third-order valence-corrected chi connectivity index (χ3v) is 9.89. The van der Waals surface area contributed by atoms with Gasteiger partial charge < -0.3 is 30.5 Å². The minimum absolute atomic E-state index is 0.172. The molecular formula is C34H37F2N3O7S2. The molecule has 3 aromatic rings. The van der Waals surface area contributed by atoms with Gasteiger partial charge in [-0.15, -0.1) is 11.8 Å². The Balaban J connectivity index is 1.34. The number of benzene rings is 3. The third kappa shape index (κ3) is 10.2. The first-order valence-electron chi connectivity index (χ1n) is 15.0. The van der Waals surface area contributed by atoms with Gasteiger partial charge in [-0.05, 0) is 59.7 Å². The van der Waals surface area contributed by atoms with Gasteiger partial charge in [-0.1, -0.05) is 45.0 Å². The number of carbonyl (C=O) groups is 4. The molecule has 0 bridgehead atoms. The van der Waals surface area contributed by atoms with Crippen LogP contribution in [0.2, 0.25) is 0 Å². The number of β-lactam (4-membered cyclic amide) rings is 1. The van der Waals surface area contributed by atoms with Gasteiger partial charge in [0.2, 0.25) is 11.8 Å². The second-order valence-corrected chi connectivity index (χ2v) is 15.0. The van der Waals surface area contributed by atoms with Crippen LogP contribution in [0.25, 0.3) is 0 Å². The first-order valence-corrected chi connectivity index (χ1v) is 17.0. The molecule has 0 spiro atoms. The van der Waals surface area contributed by atoms with E-state index in [1.54, 1.807) is 29.2 Å². The molecule has 1 saturated heterocycles. The van der Waals surface area contributed by atoms with Crippen molar-refractivity contribution in [1.29, 1.82) is 0 Å². The zero-order valence-electron chi connectivity index (χ0n) is 26.5. The topological polar surface area (TPSA) is 145 Å². The molecule has 48 heavy (non-hydrogen) atoms. The number of hydrogen-bond acceptors (Lipinski definition) is 8. The maximum atomic E-state index is 13.6. The van der Waals surface area contributed by atoms with Gasteiger partial charge in [-0.25, -0.2) is 13.6 Å². The number of aliphatic hydroxyl groups is 1. The average molecular weight is 702 g/mol. The smallest absolute Gasteiger partial charge is 0.327 e. The van der Waals surface area contributed by atoms with Crippen molar-refractivity contribution in [2.75, 3.05) is 29.6 Å². The van der Waals surface area contributed by atoms with Crippen molar-refractivity contribution >= 4 is 52.9 Å². The predicted octanol–water partition coefficient (Wildman–Crippen LogP) is 4.48. The van der Waals surface area contributed by atoms with Crippen LogP contribution in [0.3, 0.4) is 0 Å². The quantitative estimate of drug-likeness (QED) is 0.169. The van der Waals surface area contributed by atoms with Crippen molar-refractivity contribution in [3.05, 3.63) is 95.6 Å². The summed E-state index contributed by atoms with van der Waals surface area (Å²) in [6, 6.07) is 16.2. The van der Waals surface area contributed by atoms with Crippen LogP contribution in [0.15, 0.2) is 72.8 Å². The van der Waals surface area contributed by atoms with Crippen LogP contribution in [0.1, 0.15) is 44.0 Å². The summed E-state index contributed by atoms with van der Waals surface area (Å²) in [6.45, 7) is 4.98. The molecular weight excluding hydrogens is 665 g/mol. The van der Waals surface area contributed by atoms with E-state index in [2.05, 4.69) is 10.6 Å². The molecule has 14 heteroatoms. The molecule has 10 nitrogen and oxygen atoms in total. The van der Waals surface area contributed by atoms with Crippen LogP contribution in [-0.4, -0.2) is 74.6 Å². The molecule has 256 valence electrons. The number of amides is 3. The lowest BCUT2D eigenvalue weighted by molar-refractivity contribution is -0.141.